The fourth-order valence-corrected chi connectivity index (χ4v) is 4.91. The van der Waals surface area contributed by atoms with Crippen LogP contribution in [0.25, 0.3) is 0 Å². The Morgan fingerprint density at radius 2 is 1.00 bits per heavy atom. The summed E-state index contributed by atoms with van der Waals surface area (Å²) in [6.07, 6.45) is -0.285. The molecule has 0 radical (unpaired) electrons. The summed E-state index contributed by atoms with van der Waals surface area (Å²) in [4.78, 5) is -1.16. The molecule has 14 heteroatoms. The van der Waals surface area contributed by atoms with Gasteiger partial charge in [0.1, 0.15) is 21.3 Å². The van der Waals surface area contributed by atoms with Gasteiger partial charge in [-0.1, -0.05) is 12.1 Å². The molecule has 4 rings (SSSR count). The van der Waals surface area contributed by atoms with Crippen molar-refractivity contribution in [3.05, 3.63) is 46.5 Å². The monoisotopic (exact) mass is 562 g/mol. The topological polar surface area (TPSA) is 192 Å². The van der Waals surface area contributed by atoms with Crippen LogP contribution in [0.3, 0.4) is 0 Å². The minimum Gasteiger partial charge on any atom is -0.508 e. The quantitative estimate of drug-likeness (QED) is 0.290. The number of morpholine rings is 2. The maximum atomic E-state index is 11.5. The van der Waals surface area contributed by atoms with Crippen LogP contribution in [0.15, 0.2) is 34.1 Å². The van der Waals surface area contributed by atoms with Crippen LogP contribution in [0.5, 0.6) is 11.5 Å². The van der Waals surface area contributed by atoms with Gasteiger partial charge >= 0.3 is 0 Å². The van der Waals surface area contributed by atoms with E-state index in [9.17, 15) is 36.2 Å². The van der Waals surface area contributed by atoms with Gasteiger partial charge in [-0.05, 0) is 36.1 Å². The van der Waals surface area contributed by atoms with Crippen molar-refractivity contribution < 1.29 is 45.6 Å². The Morgan fingerprint density at radius 1 is 0.676 bits per heavy atom. The minimum atomic E-state index is -4.68. The second-order valence-electron chi connectivity index (χ2n) is 8.34. The lowest BCUT2D eigenvalue weighted by Crippen LogP contribution is -2.30. The van der Waals surface area contributed by atoms with Crippen LogP contribution in [-0.2, 0) is 36.1 Å². The van der Waals surface area contributed by atoms with Crippen LogP contribution in [0.2, 0.25) is 0 Å². The summed E-state index contributed by atoms with van der Waals surface area (Å²) in [5.74, 6) is -0.707. The number of ether oxygens (including phenoxy) is 2. The van der Waals surface area contributed by atoms with Crippen LogP contribution < -0.4 is 10.6 Å². The Balaban J connectivity index is 0.000000323. The van der Waals surface area contributed by atoms with Crippen molar-refractivity contribution in [1.29, 1.82) is 0 Å². The van der Waals surface area contributed by atoms with Crippen molar-refractivity contribution >= 4 is 20.2 Å². The lowest BCUT2D eigenvalue weighted by atomic mass is 10.0. The number of phenols is 2. The van der Waals surface area contributed by atoms with Gasteiger partial charge in [0.2, 0.25) is 0 Å². The number of hydrogen-bond donors (Lipinski definition) is 6. The van der Waals surface area contributed by atoms with Gasteiger partial charge in [-0.15, -0.1) is 0 Å². The third kappa shape index (κ3) is 10.2. The third-order valence-corrected chi connectivity index (χ3v) is 7.26. The predicted molar refractivity (Wildman–Crippen MR) is 136 cm³/mol. The standard InChI is InChI=1S/C15H16O8S2.2C4H9NO/c1-8-3-10(14(6-12(8)16)24(18,19)20)5-11-4-9(2)13(17)7-15(11)25(21,22)23;2*1-3-6-4-2-5-1/h3-4,6-7,16-17H,5H2,1-2H3,(H,18,19,20)(H,21,22,23);2*5H,1-4H2. The van der Waals surface area contributed by atoms with Crippen LogP contribution in [0, 0.1) is 13.8 Å². The van der Waals surface area contributed by atoms with Gasteiger partial charge in [-0.3, -0.25) is 9.11 Å². The molecule has 12 nitrogen and oxygen atoms in total. The van der Waals surface area contributed by atoms with Crippen molar-refractivity contribution in [3.63, 3.8) is 0 Å². The number of rotatable bonds is 4. The Kier molecular flexibility index (Phi) is 11.7. The molecule has 0 bridgehead atoms. The molecule has 37 heavy (non-hydrogen) atoms. The molecule has 208 valence electrons. The second kappa shape index (κ2) is 14.0. The average Bonchev–Trinajstić information content (AvgIpc) is 2.85. The zero-order valence-electron chi connectivity index (χ0n) is 20.7. The highest BCUT2D eigenvalue weighted by molar-refractivity contribution is 7.86. The van der Waals surface area contributed by atoms with Crippen LogP contribution >= 0.6 is 0 Å². The Bertz CT molecular complexity index is 1140. The van der Waals surface area contributed by atoms with Crippen molar-refractivity contribution in [2.24, 2.45) is 0 Å². The number of nitrogens with one attached hydrogen (secondary N) is 2. The van der Waals surface area contributed by atoms with Crippen molar-refractivity contribution in [3.8, 4) is 11.5 Å². The normalized spacial score (nSPS) is 16.1. The molecule has 2 aliphatic heterocycles. The molecule has 0 aromatic heterocycles. The first-order valence-corrected chi connectivity index (χ1v) is 14.4. The molecule has 0 saturated carbocycles. The molecule has 2 heterocycles. The molecule has 0 amide bonds. The summed E-state index contributed by atoms with van der Waals surface area (Å²) in [7, 11) is -9.36. The highest BCUT2D eigenvalue weighted by Gasteiger charge is 2.23. The molecule has 2 fully saturated rings. The molecular weight excluding hydrogens is 528 g/mol. The van der Waals surface area contributed by atoms with Gasteiger partial charge in [-0.25, -0.2) is 0 Å². The van der Waals surface area contributed by atoms with Gasteiger partial charge < -0.3 is 30.3 Å². The first kappa shape index (κ1) is 30.9. The summed E-state index contributed by atoms with van der Waals surface area (Å²) in [6, 6.07) is 4.30. The lowest BCUT2D eigenvalue weighted by Gasteiger charge is -2.13. The zero-order valence-corrected chi connectivity index (χ0v) is 22.4. The number of hydrogen-bond acceptors (Lipinski definition) is 10. The molecule has 0 spiro atoms. The molecule has 0 aliphatic carbocycles. The molecule has 2 aliphatic rings. The first-order chi connectivity index (χ1) is 17.3. The SMILES string of the molecule is C1COCCN1.C1COCCN1.Cc1cc(Cc2cc(C)c(O)cc2S(=O)(=O)O)c(S(=O)(=O)O)cc1O. The molecule has 0 atom stereocenters. The Labute approximate surface area is 217 Å². The van der Waals surface area contributed by atoms with Gasteiger partial charge in [0.25, 0.3) is 20.2 Å². The molecule has 2 saturated heterocycles. The van der Waals surface area contributed by atoms with E-state index in [4.69, 9.17) is 9.47 Å². The number of phenolic OH excluding ortho intramolecular Hbond substituents is 2. The van der Waals surface area contributed by atoms with Crippen molar-refractivity contribution in [1.82, 2.24) is 10.6 Å². The van der Waals surface area contributed by atoms with E-state index in [0.29, 0.717) is 11.1 Å². The zero-order chi connectivity index (χ0) is 27.6. The molecule has 0 unspecified atom stereocenters. The van der Waals surface area contributed by atoms with Gasteiger partial charge in [0.15, 0.2) is 0 Å². The Morgan fingerprint density at radius 3 is 1.22 bits per heavy atom. The summed E-state index contributed by atoms with van der Waals surface area (Å²) in [5.41, 5.74) is 0.665. The van der Waals surface area contributed by atoms with Crippen molar-refractivity contribution in [2.45, 2.75) is 30.1 Å². The van der Waals surface area contributed by atoms with E-state index in [1.54, 1.807) is 0 Å². The summed E-state index contributed by atoms with van der Waals surface area (Å²) < 4.78 is 74.9. The van der Waals surface area contributed by atoms with E-state index in [2.05, 4.69) is 10.6 Å². The first-order valence-electron chi connectivity index (χ1n) is 11.5. The van der Waals surface area contributed by atoms with Crippen LogP contribution in [-0.4, -0.2) is 88.8 Å². The molecule has 6 N–H and O–H groups in total. The van der Waals surface area contributed by atoms with Gasteiger partial charge in [0, 0.05) is 44.7 Å². The number of aryl methyl sites for hydroxylation is 2. The van der Waals surface area contributed by atoms with Gasteiger partial charge in [-0.2, -0.15) is 16.8 Å². The highest BCUT2D eigenvalue weighted by Crippen LogP contribution is 2.31. The van der Waals surface area contributed by atoms with E-state index < -0.39 is 30.0 Å². The van der Waals surface area contributed by atoms with E-state index in [1.807, 2.05) is 0 Å². The molecular formula is C23H34N2O10S2. The van der Waals surface area contributed by atoms with E-state index >= 15 is 0 Å². The number of aromatic hydroxyl groups is 2. The van der Waals surface area contributed by atoms with E-state index in [0.717, 1.165) is 64.7 Å². The lowest BCUT2D eigenvalue weighted by molar-refractivity contribution is 0.109. The largest absolute Gasteiger partial charge is 0.508 e. The average molecular weight is 563 g/mol. The fraction of sp³-hybridized carbons (Fsp3) is 0.478. The smallest absolute Gasteiger partial charge is 0.294 e. The summed E-state index contributed by atoms with van der Waals surface area (Å²) in [6.45, 7) is 10.7. The maximum absolute atomic E-state index is 11.5. The van der Waals surface area contributed by atoms with E-state index in [-0.39, 0.29) is 29.0 Å². The van der Waals surface area contributed by atoms with E-state index in [1.165, 1.54) is 26.0 Å². The maximum Gasteiger partial charge on any atom is 0.294 e. The Hall–Kier alpha value is -2.30. The summed E-state index contributed by atoms with van der Waals surface area (Å²) in [5, 5.41) is 25.7. The molecule has 2 aromatic carbocycles. The van der Waals surface area contributed by atoms with Gasteiger partial charge in [0.05, 0.1) is 26.4 Å². The predicted octanol–water partition coefficient (Wildman–Crippen LogP) is 1.01. The highest BCUT2D eigenvalue weighted by atomic mass is 32.2. The fourth-order valence-electron chi connectivity index (χ4n) is 3.47. The third-order valence-electron chi connectivity index (χ3n) is 5.39. The van der Waals surface area contributed by atoms with Crippen molar-refractivity contribution in [2.75, 3.05) is 52.6 Å². The van der Waals surface area contributed by atoms with Crippen LogP contribution in [0.4, 0.5) is 0 Å². The van der Waals surface area contributed by atoms with Crippen LogP contribution in [0.1, 0.15) is 22.3 Å². The number of benzene rings is 2. The molecule has 2 aromatic rings. The minimum absolute atomic E-state index is 0.0211. The summed E-state index contributed by atoms with van der Waals surface area (Å²) >= 11 is 0. The second-order valence-corrected chi connectivity index (χ2v) is 11.1.